The van der Waals surface area contributed by atoms with Crippen LogP contribution in [-0.2, 0) is 14.6 Å². The fraction of sp³-hybridized carbons (Fsp3) is 0.562. The lowest BCUT2D eigenvalue weighted by Gasteiger charge is -2.15. The van der Waals surface area contributed by atoms with Crippen molar-refractivity contribution >= 4 is 15.8 Å². The second kappa shape index (κ2) is 8.88. The van der Waals surface area contributed by atoms with Gasteiger partial charge in [-0.05, 0) is 31.4 Å². The SMILES string of the molecule is CN=C(NCCCS(=O)(=O)c1ccccc1)NCC1CCCO1. The highest BCUT2D eigenvalue weighted by Gasteiger charge is 2.16. The van der Waals surface area contributed by atoms with Gasteiger partial charge in [-0.25, -0.2) is 8.42 Å². The monoisotopic (exact) mass is 339 g/mol. The molecule has 1 saturated heterocycles. The highest BCUT2D eigenvalue weighted by molar-refractivity contribution is 7.91. The van der Waals surface area contributed by atoms with Gasteiger partial charge in [-0.3, -0.25) is 4.99 Å². The molecule has 2 rings (SSSR count). The molecule has 0 bridgehead atoms. The van der Waals surface area contributed by atoms with E-state index in [1.54, 1.807) is 31.3 Å². The third-order valence-electron chi connectivity index (χ3n) is 3.73. The molecule has 0 saturated carbocycles. The van der Waals surface area contributed by atoms with Crippen molar-refractivity contribution in [2.45, 2.75) is 30.3 Å². The predicted octanol–water partition coefficient (Wildman–Crippen LogP) is 1.19. The van der Waals surface area contributed by atoms with Crippen molar-refractivity contribution in [3.05, 3.63) is 30.3 Å². The summed E-state index contributed by atoms with van der Waals surface area (Å²) in [4.78, 5) is 4.51. The molecule has 1 heterocycles. The van der Waals surface area contributed by atoms with E-state index in [1.165, 1.54) is 0 Å². The lowest BCUT2D eigenvalue weighted by atomic mass is 10.2. The zero-order valence-corrected chi connectivity index (χ0v) is 14.3. The molecule has 2 N–H and O–H groups in total. The molecular weight excluding hydrogens is 314 g/mol. The van der Waals surface area contributed by atoms with Gasteiger partial charge in [0.25, 0.3) is 0 Å². The van der Waals surface area contributed by atoms with E-state index >= 15 is 0 Å². The Balaban J connectivity index is 1.69. The fourth-order valence-corrected chi connectivity index (χ4v) is 3.78. The van der Waals surface area contributed by atoms with Crippen molar-refractivity contribution in [3.63, 3.8) is 0 Å². The summed E-state index contributed by atoms with van der Waals surface area (Å²) in [6.07, 6.45) is 2.94. The average molecular weight is 339 g/mol. The van der Waals surface area contributed by atoms with Gasteiger partial charge in [0.2, 0.25) is 0 Å². The van der Waals surface area contributed by atoms with Gasteiger partial charge in [0.05, 0.1) is 16.8 Å². The largest absolute Gasteiger partial charge is 0.376 e. The third kappa shape index (κ3) is 5.84. The normalized spacial score (nSPS) is 18.8. The topological polar surface area (TPSA) is 79.8 Å². The summed E-state index contributed by atoms with van der Waals surface area (Å²) in [6, 6.07) is 8.55. The minimum atomic E-state index is -3.21. The van der Waals surface area contributed by atoms with Crippen molar-refractivity contribution in [2.75, 3.05) is 32.5 Å². The Labute approximate surface area is 138 Å². The van der Waals surface area contributed by atoms with E-state index in [1.807, 2.05) is 6.07 Å². The van der Waals surface area contributed by atoms with Gasteiger partial charge >= 0.3 is 0 Å². The molecule has 23 heavy (non-hydrogen) atoms. The predicted molar refractivity (Wildman–Crippen MR) is 91.5 cm³/mol. The quantitative estimate of drug-likeness (QED) is 0.443. The smallest absolute Gasteiger partial charge is 0.191 e. The molecule has 7 heteroatoms. The summed E-state index contributed by atoms with van der Waals surface area (Å²) in [7, 11) is -1.51. The summed E-state index contributed by atoms with van der Waals surface area (Å²) in [6.45, 7) is 2.11. The molecule has 1 aliphatic heterocycles. The summed E-state index contributed by atoms with van der Waals surface area (Å²) < 4.78 is 29.9. The second-order valence-corrected chi connectivity index (χ2v) is 7.61. The number of ether oxygens (including phenoxy) is 1. The van der Waals surface area contributed by atoms with Crippen LogP contribution in [0.3, 0.4) is 0 Å². The maximum Gasteiger partial charge on any atom is 0.191 e. The number of aliphatic imine (C=N–C) groups is 1. The Hall–Kier alpha value is -1.60. The zero-order valence-electron chi connectivity index (χ0n) is 13.5. The number of nitrogens with one attached hydrogen (secondary N) is 2. The highest BCUT2D eigenvalue weighted by Crippen LogP contribution is 2.11. The molecule has 0 radical (unpaired) electrons. The number of rotatable bonds is 7. The van der Waals surface area contributed by atoms with E-state index in [4.69, 9.17) is 4.74 Å². The summed E-state index contributed by atoms with van der Waals surface area (Å²) in [5, 5.41) is 6.34. The van der Waals surface area contributed by atoms with E-state index in [0.717, 1.165) is 26.0 Å². The number of benzene rings is 1. The summed E-state index contributed by atoms with van der Waals surface area (Å²) >= 11 is 0. The fourth-order valence-electron chi connectivity index (χ4n) is 2.45. The number of guanidine groups is 1. The zero-order chi connectivity index (χ0) is 16.5. The van der Waals surface area contributed by atoms with Crippen LogP contribution in [0, 0.1) is 0 Å². The van der Waals surface area contributed by atoms with Crippen molar-refractivity contribution in [1.29, 1.82) is 0 Å². The Kier molecular flexibility index (Phi) is 6.85. The molecule has 1 fully saturated rings. The lowest BCUT2D eigenvalue weighted by molar-refractivity contribution is 0.114. The van der Waals surface area contributed by atoms with Crippen molar-refractivity contribution in [2.24, 2.45) is 4.99 Å². The van der Waals surface area contributed by atoms with Gasteiger partial charge in [-0.2, -0.15) is 0 Å². The number of hydrogen-bond acceptors (Lipinski definition) is 4. The van der Waals surface area contributed by atoms with Gasteiger partial charge in [0.1, 0.15) is 0 Å². The summed E-state index contributed by atoms with van der Waals surface area (Å²) in [5.41, 5.74) is 0. The minimum Gasteiger partial charge on any atom is -0.376 e. The number of hydrogen-bond donors (Lipinski definition) is 2. The first-order valence-electron chi connectivity index (χ1n) is 7.96. The first-order chi connectivity index (χ1) is 11.1. The van der Waals surface area contributed by atoms with E-state index < -0.39 is 9.84 Å². The molecular formula is C16H25N3O3S. The van der Waals surface area contributed by atoms with E-state index in [9.17, 15) is 8.42 Å². The number of sulfone groups is 1. The molecule has 0 aliphatic carbocycles. The van der Waals surface area contributed by atoms with Crippen LogP contribution in [-0.4, -0.2) is 53.0 Å². The lowest BCUT2D eigenvalue weighted by Crippen LogP contribution is -2.41. The Morgan fingerprint density at radius 3 is 2.74 bits per heavy atom. The van der Waals surface area contributed by atoms with Crippen molar-refractivity contribution < 1.29 is 13.2 Å². The molecule has 1 aromatic rings. The molecule has 0 aromatic heterocycles. The highest BCUT2D eigenvalue weighted by atomic mass is 32.2. The van der Waals surface area contributed by atoms with Gasteiger partial charge in [0.15, 0.2) is 15.8 Å². The molecule has 1 unspecified atom stereocenters. The van der Waals surface area contributed by atoms with Crippen LogP contribution in [0.4, 0.5) is 0 Å². The second-order valence-electron chi connectivity index (χ2n) is 5.50. The Morgan fingerprint density at radius 2 is 2.09 bits per heavy atom. The van der Waals surface area contributed by atoms with Gasteiger partial charge < -0.3 is 15.4 Å². The van der Waals surface area contributed by atoms with Crippen LogP contribution in [0.25, 0.3) is 0 Å². The Morgan fingerprint density at radius 1 is 1.30 bits per heavy atom. The maximum absolute atomic E-state index is 12.2. The molecule has 0 amide bonds. The molecule has 1 aliphatic rings. The summed E-state index contributed by atoms with van der Waals surface area (Å²) in [5.74, 6) is 0.796. The first kappa shape index (κ1) is 17.7. The first-order valence-corrected chi connectivity index (χ1v) is 9.61. The van der Waals surface area contributed by atoms with Crippen LogP contribution in [0.15, 0.2) is 40.2 Å². The molecule has 0 spiro atoms. The van der Waals surface area contributed by atoms with Crippen LogP contribution < -0.4 is 10.6 Å². The van der Waals surface area contributed by atoms with E-state index in [0.29, 0.717) is 23.8 Å². The molecule has 128 valence electrons. The number of nitrogens with zero attached hydrogens (tertiary/aromatic N) is 1. The standard InChI is InChI=1S/C16H25N3O3S/c1-17-16(19-13-14-7-5-11-22-14)18-10-6-12-23(20,21)15-8-3-2-4-9-15/h2-4,8-9,14H,5-7,10-13H2,1H3,(H2,17,18,19). The molecule has 6 nitrogen and oxygen atoms in total. The average Bonchev–Trinajstić information content (AvgIpc) is 3.08. The van der Waals surface area contributed by atoms with Crippen LogP contribution >= 0.6 is 0 Å². The van der Waals surface area contributed by atoms with Crippen LogP contribution in [0.1, 0.15) is 19.3 Å². The van der Waals surface area contributed by atoms with Gasteiger partial charge in [0, 0.05) is 26.7 Å². The minimum absolute atomic E-state index is 0.118. The Bertz CT molecular complexity index is 596. The van der Waals surface area contributed by atoms with E-state index in [-0.39, 0.29) is 11.9 Å². The van der Waals surface area contributed by atoms with Crippen LogP contribution in [0.5, 0.6) is 0 Å². The van der Waals surface area contributed by atoms with Gasteiger partial charge in [-0.15, -0.1) is 0 Å². The molecule has 1 atom stereocenters. The van der Waals surface area contributed by atoms with Gasteiger partial charge in [-0.1, -0.05) is 18.2 Å². The van der Waals surface area contributed by atoms with Crippen molar-refractivity contribution in [3.8, 4) is 0 Å². The molecule has 1 aromatic carbocycles. The third-order valence-corrected chi connectivity index (χ3v) is 5.55. The van der Waals surface area contributed by atoms with Crippen molar-refractivity contribution in [1.82, 2.24) is 10.6 Å². The van der Waals surface area contributed by atoms with Crippen LogP contribution in [0.2, 0.25) is 0 Å². The maximum atomic E-state index is 12.2. The van der Waals surface area contributed by atoms with E-state index in [2.05, 4.69) is 15.6 Å².